The van der Waals surface area contributed by atoms with Gasteiger partial charge in [-0.15, -0.1) is 0 Å². The van der Waals surface area contributed by atoms with Crippen LogP contribution < -0.4 is 9.47 Å². The van der Waals surface area contributed by atoms with Crippen molar-refractivity contribution in [2.24, 2.45) is 0 Å². The number of urea groups is 1. The first-order valence-electron chi connectivity index (χ1n) is 8.30. The molecule has 0 saturated carbocycles. The Balaban J connectivity index is 1.74. The average molecular weight is 368 g/mol. The van der Waals surface area contributed by atoms with Crippen LogP contribution in [0.15, 0.2) is 12.1 Å². The number of hydrogen-bond acceptors (Lipinski definition) is 5. The molecule has 1 saturated heterocycles. The quantitative estimate of drug-likeness (QED) is 0.804. The maximum atomic E-state index is 12.8. The first kappa shape index (κ1) is 17.8. The Morgan fingerprint density at radius 1 is 1.20 bits per heavy atom. The number of carbonyl (C=O) groups is 1. The Labute approximate surface area is 148 Å². The second kappa shape index (κ2) is 6.74. The first-order chi connectivity index (χ1) is 11.8. The molecule has 0 radical (unpaired) electrons. The summed E-state index contributed by atoms with van der Waals surface area (Å²) in [7, 11) is 1.87. The first-order valence-corrected chi connectivity index (χ1v) is 10.1. The summed E-state index contributed by atoms with van der Waals surface area (Å²) in [5.41, 5.74) is 2.18. The van der Waals surface area contributed by atoms with Crippen LogP contribution in [0.25, 0.3) is 0 Å². The van der Waals surface area contributed by atoms with Gasteiger partial charge in [0, 0.05) is 26.2 Å². The zero-order chi connectivity index (χ0) is 18.2. The molecule has 0 aromatic heterocycles. The van der Waals surface area contributed by atoms with Crippen molar-refractivity contribution in [1.29, 1.82) is 0 Å². The van der Waals surface area contributed by atoms with Gasteiger partial charge in [-0.3, -0.25) is 0 Å². The minimum atomic E-state index is -3.01. The predicted molar refractivity (Wildman–Crippen MR) is 93.9 cm³/mol. The lowest BCUT2D eigenvalue weighted by molar-refractivity contribution is 0.145. The average Bonchev–Trinajstić information content (AvgIpc) is 2.98. The number of fused-ring (bicyclic) bond motifs is 1. The third-order valence-corrected chi connectivity index (χ3v) is 6.80. The highest BCUT2D eigenvalue weighted by Crippen LogP contribution is 2.33. The van der Waals surface area contributed by atoms with Crippen molar-refractivity contribution in [3.8, 4) is 11.5 Å². The number of sulfone groups is 1. The maximum absolute atomic E-state index is 12.8. The van der Waals surface area contributed by atoms with Gasteiger partial charge in [-0.25, -0.2) is 13.2 Å². The molecule has 0 bridgehead atoms. The number of amides is 2. The monoisotopic (exact) mass is 368 g/mol. The molecule has 1 aromatic carbocycles. The van der Waals surface area contributed by atoms with Crippen molar-refractivity contribution in [3.05, 3.63) is 23.3 Å². The van der Waals surface area contributed by atoms with Gasteiger partial charge in [-0.05, 0) is 36.1 Å². The van der Waals surface area contributed by atoms with Crippen LogP contribution in [0, 0.1) is 0 Å². The number of carbonyl (C=O) groups excluding carboxylic acids is 1. The lowest BCUT2D eigenvalue weighted by Crippen LogP contribution is -2.48. The fourth-order valence-corrected chi connectivity index (χ4v) is 5.28. The van der Waals surface area contributed by atoms with Gasteiger partial charge in [-0.2, -0.15) is 0 Å². The van der Waals surface area contributed by atoms with E-state index in [2.05, 4.69) is 0 Å². The fourth-order valence-electron chi connectivity index (χ4n) is 3.51. The Hall–Kier alpha value is -1.96. The zero-order valence-electron chi connectivity index (χ0n) is 14.8. The number of nitrogens with zero attached hydrogens (tertiary/aromatic N) is 2. The van der Waals surface area contributed by atoms with Crippen molar-refractivity contribution < 1.29 is 22.7 Å². The van der Waals surface area contributed by atoms with E-state index in [4.69, 9.17) is 9.47 Å². The molecule has 1 atom stereocenters. The predicted octanol–water partition coefficient (Wildman–Crippen LogP) is 1.30. The summed E-state index contributed by atoms with van der Waals surface area (Å²) < 4.78 is 34.0. The van der Waals surface area contributed by atoms with Gasteiger partial charge in [0.2, 0.25) is 0 Å². The van der Waals surface area contributed by atoms with Gasteiger partial charge in [-0.1, -0.05) is 0 Å². The van der Waals surface area contributed by atoms with Crippen LogP contribution in [0.2, 0.25) is 0 Å². The van der Waals surface area contributed by atoms with Gasteiger partial charge in [0.15, 0.2) is 21.3 Å². The minimum absolute atomic E-state index is 0.0602. The third kappa shape index (κ3) is 3.53. The van der Waals surface area contributed by atoms with Gasteiger partial charge in [0.25, 0.3) is 0 Å². The Morgan fingerprint density at radius 3 is 2.40 bits per heavy atom. The van der Waals surface area contributed by atoms with Crippen molar-refractivity contribution in [3.63, 3.8) is 0 Å². The number of ether oxygens (including phenoxy) is 2. The minimum Gasteiger partial charge on any atom is -0.493 e. The van der Waals surface area contributed by atoms with E-state index in [0.717, 1.165) is 17.5 Å². The zero-order valence-corrected chi connectivity index (χ0v) is 15.6. The van der Waals surface area contributed by atoms with Crippen molar-refractivity contribution in [2.45, 2.75) is 25.4 Å². The van der Waals surface area contributed by atoms with Gasteiger partial charge in [0.05, 0.1) is 25.7 Å². The molecule has 1 aromatic rings. The van der Waals surface area contributed by atoms with Gasteiger partial charge < -0.3 is 19.3 Å². The molecular formula is C17H24N2O5S. The molecule has 138 valence electrons. The van der Waals surface area contributed by atoms with Gasteiger partial charge in [0.1, 0.15) is 0 Å². The Bertz CT molecular complexity index is 777. The smallest absolute Gasteiger partial charge is 0.320 e. The van der Waals surface area contributed by atoms with Crippen LogP contribution in [0.5, 0.6) is 11.5 Å². The third-order valence-electron chi connectivity index (χ3n) is 5.05. The summed E-state index contributed by atoms with van der Waals surface area (Å²) in [6.07, 6.45) is 1.25. The molecule has 7 nitrogen and oxygen atoms in total. The summed E-state index contributed by atoms with van der Waals surface area (Å²) in [5.74, 6) is 1.56. The lowest BCUT2D eigenvalue weighted by atomic mass is 9.99. The number of benzene rings is 1. The standard InChI is InChI=1S/C17H24N2O5S/c1-18(14-5-7-25(21,22)11-14)17(20)19-6-4-12-8-15(23-2)16(24-3)9-13(12)10-19/h8-9,14H,4-7,10-11H2,1-3H3. The van der Waals surface area contributed by atoms with Crippen LogP contribution in [0.1, 0.15) is 17.5 Å². The largest absolute Gasteiger partial charge is 0.493 e. The van der Waals surface area contributed by atoms with E-state index in [9.17, 15) is 13.2 Å². The molecule has 0 N–H and O–H groups in total. The summed E-state index contributed by atoms with van der Waals surface area (Å²) in [6, 6.07) is 3.52. The number of hydrogen-bond donors (Lipinski definition) is 0. The Morgan fingerprint density at radius 2 is 1.84 bits per heavy atom. The highest BCUT2D eigenvalue weighted by molar-refractivity contribution is 7.91. The Kier molecular flexibility index (Phi) is 4.81. The second-order valence-electron chi connectivity index (χ2n) is 6.60. The number of methoxy groups -OCH3 is 2. The van der Waals surface area contributed by atoms with E-state index < -0.39 is 9.84 Å². The van der Waals surface area contributed by atoms with E-state index in [-0.39, 0.29) is 23.6 Å². The summed E-state index contributed by atoms with van der Waals surface area (Å²) >= 11 is 0. The van der Waals surface area contributed by atoms with Gasteiger partial charge >= 0.3 is 6.03 Å². The van der Waals surface area contributed by atoms with E-state index in [0.29, 0.717) is 31.0 Å². The highest BCUT2D eigenvalue weighted by atomic mass is 32.2. The van der Waals surface area contributed by atoms with Crippen LogP contribution >= 0.6 is 0 Å². The van der Waals surface area contributed by atoms with Crippen LogP contribution in [-0.4, -0.2) is 69.6 Å². The topological polar surface area (TPSA) is 76.2 Å². The number of rotatable bonds is 3. The molecule has 0 aliphatic carbocycles. The van der Waals surface area contributed by atoms with E-state index in [1.54, 1.807) is 31.1 Å². The lowest BCUT2D eigenvalue weighted by Gasteiger charge is -2.34. The highest BCUT2D eigenvalue weighted by Gasteiger charge is 2.35. The van der Waals surface area contributed by atoms with E-state index >= 15 is 0 Å². The van der Waals surface area contributed by atoms with Crippen molar-refractivity contribution in [1.82, 2.24) is 9.80 Å². The summed E-state index contributed by atoms with van der Waals surface area (Å²) in [5, 5.41) is 0. The van der Waals surface area contributed by atoms with Crippen LogP contribution in [-0.2, 0) is 22.8 Å². The second-order valence-corrected chi connectivity index (χ2v) is 8.83. The summed E-state index contributed by atoms with van der Waals surface area (Å²) in [4.78, 5) is 16.1. The normalized spacial score (nSPS) is 21.6. The molecular weight excluding hydrogens is 344 g/mol. The van der Waals surface area contributed by atoms with Crippen molar-refractivity contribution in [2.75, 3.05) is 39.3 Å². The van der Waals surface area contributed by atoms with E-state index in [1.165, 1.54) is 0 Å². The molecule has 8 heteroatoms. The molecule has 0 spiro atoms. The van der Waals surface area contributed by atoms with Crippen LogP contribution in [0.3, 0.4) is 0 Å². The molecule has 2 heterocycles. The molecule has 3 rings (SSSR count). The fraction of sp³-hybridized carbons (Fsp3) is 0.588. The molecule has 1 fully saturated rings. The molecule has 2 aliphatic rings. The SMILES string of the molecule is COc1cc2c(cc1OC)CN(C(=O)N(C)C1CCS(=O)(=O)C1)CC2. The molecule has 1 unspecified atom stereocenters. The molecule has 2 aliphatic heterocycles. The van der Waals surface area contributed by atoms with Crippen molar-refractivity contribution >= 4 is 15.9 Å². The maximum Gasteiger partial charge on any atom is 0.320 e. The summed E-state index contributed by atoms with van der Waals surface area (Å²) in [6.45, 7) is 1.09. The van der Waals surface area contributed by atoms with E-state index in [1.807, 2.05) is 12.1 Å². The molecule has 2 amide bonds. The van der Waals surface area contributed by atoms with Crippen LogP contribution in [0.4, 0.5) is 4.79 Å². The molecule has 25 heavy (non-hydrogen) atoms.